The topological polar surface area (TPSA) is 55.5 Å². The summed E-state index contributed by atoms with van der Waals surface area (Å²) in [4.78, 5) is 0. The van der Waals surface area contributed by atoms with Crippen molar-refractivity contribution in [2.45, 2.75) is 50.2 Å². The fourth-order valence-electron chi connectivity index (χ4n) is 3.00. The SMILES string of the molecule is COC1(CC(O)C(CN)c2cccc(C)c2)CCC1. The Morgan fingerprint density at radius 1 is 1.42 bits per heavy atom. The molecule has 0 spiro atoms. The second-order valence-electron chi connectivity index (χ2n) is 5.77. The zero-order valence-corrected chi connectivity index (χ0v) is 11.9. The number of ether oxygens (including phenoxy) is 1. The Kier molecular flexibility index (Phi) is 4.61. The summed E-state index contributed by atoms with van der Waals surface area (Å²) >= 11 is 0. The Labute approximate surface area is 115 Å². The van der Waals surface area contributed by atoms with E-state index >= 15 is 0 Å². The summed E-state index contributed by atoms with van der Waals surface area (Å²) in [7, 11) is 1.75. The van der Waals surface area contributed by atoms with Crippen molar-refractivity contribution in [2.24, 2.45) is 5.73 Å². The van der Waals surface area contributed by atoms with Crippen molar-refractivity contribution in [3.8, 4) is 0 Å². The quantitative estimate of drug-likeness (QED) is 0.828. The minimum atomic E-state index is -0.438. The van der Waals surface area contributed by atoms with Crippen LogP contribution in [-0.4, -0.2) is 30.5 Å². The molecule has 0 saturated heterocycles. The molecule has 106 valence electrons. The number of rotatable bonds is 6. The molecule has 2 atom stereocenters. The maximum Gasteiger partial charge on any atom is 0.0703 e. The number of aryl methyl sites for hydroxylation is 1. The number of nitrogens with two attached hydrogens (primary N) is 1. The third-order valence-electron chi connectivity index (χ3n) is 4.47. The van der Waals surface area contributed by atoms with Crippen molar-refractivity contribution in [2.75, 3.05) is 13.7 Å². The van der Waals surface area contributed by atoms with Crippen LogP contribution in [0.3, 0.4) is 0 Å². The Balaban J connectivity index is 2.08. The number of methoxy groups -OCH3 is 1. The van der Waals surface area contributed by atoms with Gasteiger partial charge in [-0.3, -0.25) is 0 Å². The lowest BCUT2D eigenvalue weighted by atomic mass is 9.73. The molecule has 1 aliphatic carbocycles. The molecule has 0 amide bonds. The lowest BCUT2D eigenvalue weighted by molar-refractivity contribution is -0.102. The molecule has 3 nitrogen and oxygen atoms in total. The van der Waals surface area contributed by atoms with Gasteiger partial charge in [0, 0.05) is 26.0 Å². The molecule has 0 radical (unpaired) electrons. The average Bonchev–Trinajstić information content (AvgIpc) is 2.35. The molecule has 0 heterocycles. The Morgan fingerprint density at radius 2 is 2.16 bits per heavy atom. The molecule has 1 aliphatic rings. The lowest BCUT2D eigenvalue weighted by Gasteiger charge is -2.43. The van der Waals surface area contributed by atoms with E-state index in [0.29, 0.717) is 13.0 Å². The van der Waals surface area contributed by atoms with E-state index in [1.54, 1.807) is 7.11 Å². The molecule has 2 unspecified atom stereocenters. The zero-order chi connectivity index (χ0) is 13.9. The average molecular weight is 263 g/mol. The Hall–Kier alpha value is -0.900. The molecule has 0 aliphatic heterocycles. The van der Waals surface area contributed by atoms with Crippen LogP contribution in [0.2, 0.25) is 0 Å². The molecule has 3 heteroatoms. The number of benzene rings is 1. The zero-order valence-electron chi connectivity index (χ0n) is 11.9. The highest BCUT2D eigenvalue weighted by Gasteiger charge is 2.40. The molecular weight excluding hydrogens is 238 g/mol. The van der Waals surface area contributed by atoms with Crippen molar-refractivity contribution in [3.63, 3.8) is 0 Å². The second kappa shape index (κ2) is 6.04. The summed E-state index contributed by atoms with van der Waals surface area (Å²) in [5.41, 5.74) is 8.09. The van der Waals surface area contributed by atoms with Gasteiger partial charge in [-0.2, -0.15) is 0 Å². The van der Waals surface area contributed by atoms with Gasteiger partial charge in [-0.1, -0.05) is 29.8 Å². The summed E-state index contributed by atoms with van der Waals surface area (Å²) in [5.74, 6) is -0.00692. The highest BCUT2D eigenvalue weighted by Crippen LogP contribution is 2.40. The molecule has 3 N–H and O–H groups in total. The molecule has 1 aromatic carbocycles. The highest BCUT2D eigenvalue weighted by molar-refractivity contribution is 5.26. The van der Waals surface area contributed by atoms with Crippen LogP contribution in [0.5, 0.6) is 0 Å². The van der Waals surface area contributed by atoms with Gasteiger partial charge in [-0.15, -0.1) is 0 Å². The Bertz CT molecular complexity index is 409. The van der Waals surface area contributed by atoms with Crippen LogP contribution in [0, 0.1) is 6.92 Å². The van der Waals surface area contributed by atoms with Gasteiger partial charge in [-0.25, -0.2) is 0 Å². The third-order valence-corrected chi connectivity index (χ3v) is 4.47. The van der Waals surface area contributed by atoms with Crippen molar-refractivity contribution < 1.29 is 9.84 Å². The molecule has 0 bridgehead atoms. The number of hydrogen-bond donors (Lipinski definition) is 2. The van der Waals surface area contributed by atoms with Gasteiger partial charge in [0.2, 0.25) is 0 Å². The van der Waals surface area contributed by atoms with Crippen LogP contribution in [0.1, 0.15) is 42.7 Å². The first kappa shape index (κ1) is 14.5. The van der Waals surface area contributed by atoms with E-state index in [1.165, 1.54) is 12.0 Å². The third kappa shape index (κ3) is 3.16. The molecule has 19 heavy (non-hydrogen) atoms. The lowest BCUT2D eigenvalue weighted by Crippen LogP contribution is -2.44. The van der Waals surface area contributed by atoms with Crippen molar-refractivity contribution >= 4 is 0 Å². The summed E-state index contributed by atoms with van der Waals surface area (Å²) in [6.45, 7) is 2.52. The minimum Gasteiger partial charge on any atom is -0.392 e. The minimum absolute atomic E-state index is 0.00692. The normalized spacial score (nSPS) is 20.6. The van der Waals surface area contributed by atoms with Gasteiger partial charge < -0.3 is 15.6 Å². The summed E-state index contributed by atoms with van der Waals surface area (Å²) in [6.07, 6.45) is 3.53. The van der Waals surface area contributed by atoms with E-state index in [0.717, 1.165) is 18.4 Å². The monoisotopic (exact) mass is 263 g/mol. The van der Waals surface area contributed by atoms with Crippen LogP contribution < -0.4 is 5.73 Å². The predicted octanol–water partition coefficient (Wildman–Crippen LogP) is 2.36. The predicted molar refractivity (Wildman–Crippen MR) is 77.2 cm³/mol. The molecule has 1 fully saturated rings. The first-order valence-electron chi connectivity index (χ1n) is 7.10. The summed E-state index contributed by atoms with van der Waals surface area (Å²) < 4.78 is 5.60. The first-order valence-corrected chi connectivity index (χ1v) is 7.10. The van der Waals surface area contributed by atoms with Crippen LogP contribution in [0.25, 0.3) is 0 Å². The van der Waals surface area contributed by atoms with Crippen LogP contribution >= 0.6 is 0 Å². The van der Waals surface area contributed by atoms with E-state index in [1.807, 2.05) is 12.1 Å². The van der Waals surface area contributed by atoms with Gasteiger partial charge in [-0.05, 0) is 31.7 Å². The molecule has 1 saturated carbocycles. The fourth-order valence-corrected chi connectivity index (χ4v) is 3.00. The van der Waals surface area contributed by atoms with Crippen LogP contribution in [-0.2, 0) is 4.74 Å². The van der Waals surface area contributed by atoms with E-state index in [2.05, 4.69) is 19.1 Å². The van der Waals surface area contributed by atoms with Gasteiger partial charge in [0.05, 0.1) is 11.7 Å². The number of aliphatic hydroxyl groups is 1. The highest BCUT2D eigenvalue weighted by atomic mass is 16.5. The first-order chi connectivity index (χ1) is 9.10. The standard InChI is InChI=1S/C16H25NO2/c1-12-5-3-6-13(9-12)14(11-17)15(18)10-16(19-2)7-4-8-16/h3,5-6,9,14-15,18H,4,7-8,10-11,17H2,1-2H3. The van der Waals surface area contributed by atoms with Crippen molar-refractivity contribution in [1.29, 1.82) is 0 Å². The van der Waals surface area contributed by atoms with E-state index < -0.39 is 6.10 Å². The summed E-state index contributed by atoms with van der Waals surface area (Å²) in [6, 6.07) is 8.25. The second-order valence-corrected chi connectivity index (χ2v) is 5.77. The fraction of sp³-hybridized carbons (Fsp3) is 0.625. The molecule has 2 rings (SSSR count). The molecule has 1 aromatic rings. The van der Waals surface area contributed by atoms with Gasteiger partial charge in [0.1, 0.15) is 0 Å². The maximum absolute atomic E-state index is 10.5. The van der Waals surface area contributed by atoms with E-state index in [9.17, 15) is 5.11 Å². The van der Waals surface area contributed by atoms with Crippen molar-refractivity contribution in [1.82, 2.24) is 0 Å². The van der Waals surface area contributed by atoms with Gasteiger partial charge >= 0.3 is 0 Å². The van der Waals surface area contributed by atoms with Crippen LogP contribution in [0.4, 0.5) is 0 Å². The number of hydrogen-bond acceptors (Lipinski definition) is 3. The Morgan fingerprint density at radius 3 is 2.63 bits per heavy atom. The smallest absolute Gasteiger partial charge is 0.0703 e. The van der Waals surface area contributed by atoms with Gasteiger partial charge in [0.15, 0.2) is 0 Å². The van der Waals surface area contributed by atoms with Gasteiger partial charge in [0.25, 0.3) is 0 Å². The number of aliphatic hydroxyl groups excluding tert-OH is 1. The van der Waals surface area contributed by atoms with Crippen molar-refractivity contribution in [3.05, 3.63) is 35.4 Å². The molecule has 0 aromatic heterocycles. The maximum atomic E-state index is 10.5. The van der Waals surface area contributed by atoms with E-state index in [-0.39, 0.29) is 11.5 Å². The molecular formula is C16H25NO2. The van der Waals surface area contributed by atoms with Crippen LogP contribution in [0.15, 0.2) is 24.3 Å². The van der Waals surface area contributed by atoms with E-state index in [4.69, 9.17) is 10.5 Å². The largest absolute Gasteiger partial charge is 0.392 e. The summed E-state index contributed by atoms with van der Waals surface area (Å²) in [5, 5.41) is 10.5.